The van der Waals surface area contributed by atoms with E-state index in [-0.39, 0.29) is 11.7 Å². The lowest BCUT2D eigenvalue weighted by Crippen LogP contribution is -2.22. The highest BCUT2D eigenvalue weighted by Gasteiger charge is 2.26. The van der Waals surface area contributed by atoms with Crippen molar-refractivity contribution in [2.75, 3.05) is 5.32 Å². The zero-order chi connectivity index (χ0) is 23.8. The van der Waals surface area contributed by atoms with Crippen LogP contribution in [0.25, 0.3) is 10.8 Å². The fraction of sp³-hybridized carbons (Fsp3) is 0.192. The van der Waals surface area contributed by atoms with Crippen molar-refractivity contribution in [2.45, 2.75) is 25.9 Å². The standard InChI is InChI=1S/C26H24N2O5/c1-17(6-2-5-9-24(30)31)25(22-14-15-23(29)21-8-4-3-7-20(21)22)33-26(32)28-19-12-10-18(16-27)11-13-19/h3-5,7-15,17,25,29H,2,6H2,1H3,(H,28,32)(H,30,31)/b9-5+/t17-,25+/m1/s1. The average Bonchev–Trinajstić information content (AvgIpc) is 2.81. The van der Waals surface area contributed by atoms with Gasteiger partial charge in [0.05, 0.1) is 11.6 Å². The van der Waals surface area contributed by atoms with Crippen LogP contribution in [0.4, 0.5) is 10.5 Å². The van der Waals surface area contributed by atoms with E-state index in [4.69, 9.17) is 15.1 Å². The number of phenols is 1. The number of carboxylic acid groups (broad SMARTS) is 1. The smallest absolute Gasteiger partial charge is 0.412 e. The van der Waals surface area contributed by atoms with Gasteiger partial charge in [-0.1, -0.05) is 43.3 Å². The summed E-state index contributed by atoms with van der Waals surface area (Å²) in [5.41, 5.74) is 1.71. The fourth-order valence-corrected chi connectivity index (χ4v) is 3.63. The molecule has 0 aromatic heterocycles. The Balaban J connectivity index is 1.87. The van der Waals surface area contributed by atoms with E-state index in [9.17, 15) is 14.7 Å². The molecule has 3 aromatic carbocycles. The van der Waals surface area contributed by atoms with Crippen LogP contribution in [0.2, 0.25) is 0 Å². The second-order valence-electron chi connectivity index (χ2n) is 7.65. The maximum atomic E-state index is 12.7. The lowest BCUT2D eigenvalue weighted by molar-refractivity contribution is -0.131. The monoisotopic (exact) mass is 444 g/mol. The number of ether oxygens (including phenoxy) is 1. The summed E-state index contributed by atoms with van der Waals surface area (Å²) in [6.45, 7) is 1.93. The average molecular weight is 444 g/mol. The van der Waals surface area contributed by atoms with E-state index in [0.29, 0.717) is 29.5 Å². The molecule has 0 heterocycles. The van der Waals surface area contributed by atoms with E-state index in [1.54, 1.807) is 48.5 Å². The number of rotatable bonds is 8. The molecule has 0 saturated heterocycles. The number of nitriles is 1. The minimum Gasteiger partial charge on any atom is -0.507 e. The van der Waals surface area contributed by atoms with Crippen LogP contribution in [0.3, 0.4) is 0 Å². The van der Waals surface area contributed by atoms with Crippen LogP contribution in [-0.4, -0.2) is 22.3 Å². The van der Waals surface area contributed by atoms with Crippen molar-refractivity contribution in [3.05, 3.63) is 83.9 Å². The Morgan fingerprint density at radius 3 is 2.45 bits per heavy atom. The number of aliphatic carboxylic acids is 1. The molecule has 0 bridgehead atoms. The highest BCUT2D eigenvalue weighted by molar-refractivity contribution is 5.91. The second kappa shape index (κ2) is 10.8. The molecule has 0 fully saturated rings. The minimum atomic E-state index is -1.01. The van der Waals surface area contributed by atoms with Crippen molar-refractivity contribution in [1.82, 2.24) is 0 Å². The summed E-state index contributed by atoms with van der Waals surface area (Å²) in [5.74, 6) is -1.03. The summed E-state index contributed by atoms with van der Waals surface area (Å²) in [6.07, 6.45) is 2.44. The Labute approximate surface area is 191 Å². The number of hydrogen-bond acceptors (Lipinski definition) is 5. The van der Waals surface area contributed by atoms with Gasteiger partial charge in [0.15, 0.2) is 0 Å². The first-order valence-corrected chi connectivity index (χ1v) is 10.5. The van der Waals surface area contributed by atoms with Gasteiger partial charge in [-0.25, -0.2) is 9.59 Å². The summed E-state index contributed by atoms with van der Waals surface area (Å²) in [6, 6.07) is 19.1. The fourth-order valence-electron chi connectivity index (χ4n) is 3.63. The maximum Gasteiger partial charge on any atom is 0.412 e. The lowest BCUT2D eigenvalue weighted by Gasteiger charge is -2.26. The largest absolute Gasteiger partial charge is 0.507 e. The van der Waals surface area contributed by atoms with Gasteiger partial charge < -0.3 is 14.9 Å². The predicted octanol–water partition coefficient (Wildman–Crippen LogP) is 5.76. The topological polar surface area (TPSA) is 120 Å². The first kappa shape index (κ1) is 23.4. The molecule has 2 atom stereocenters. The SMILES string of the molecule is C[C@H](CC/C=C/C(=O)O)[C@H](OC(=O)Nc1ccc(C#N)cc1)c1ccc(O)c2ccccc12. The Bertz CT molecular complexity index is 1210. The molecular formula is C26H24N2O5. The van der Waals surface area contributed by atoms with Gasteiger partial charge in [-0.3, -0.25) is 5.32 Å². The molecule has 3 N–H and O–H groups in total. The van der Waals surface area contributed by atoms with E-state index >= 15 is 0 Å². The van der Waals surface area contributed by atoms with Crippen LogP contribution >= 0.6 is 0 Å². The van der Waals surface area contributed by atoms with Crippen LogP contribution < -0.4 is 5.32 Å². The molecule has 0 saturated carbocycles. The molecule has 3 aromatic rings. The quantitative estimate of drug-likeness (QED) is 0.380. The minimum absolute atomic E-state index is 0.132. The van der Waals surface area contributed by atoms with Crippen molar-refractivity contribution in [2.24, 2.45) is 5.92 Å². The van der Waals surface area contributed by atoms with Crippen molar-refractivity contribution in [3.63, 3.8) is 0 Å². The Morgan fingerprint density at radius 1 is 1.09 bits per heavy atom. The lowest BCUT2D eigenvalue weighted by atomic mass is 9.89. The van der Waals surface area contributed by atoms with Gasteiger partial charge in [-0.05, 0) is 54.5 Å². The molecule has 7 nitrogen and oxygen atoms in total. The molecule has 0 radical (unpaired) electrons. The molecule has 3 rings (SSSR count). The highest BCUT2D eigenvalue weighted by Crippen LogP contribution is 2.37. The van der Waals surface area contributed by atoms with Gasteiger partial charge in [0.2, 0.25) is 0 Å². The molecule has 1 amide bonds. The number of amides is 1. The second-order valence-corrected chi connectivity index (χ2v) is 7.65. The number of anilines is 1. The Kier molecular flexibility index (Phi) is 7.66. The molecule has 168 valence electrons. The Hall–Kier alpha value is -4.31. The van der Waals surface area contributed by atoms with Gasteiger partial charge in [0.1, 0.15) is 11.9 Å². The molecule has 33 heavy (non-hydrogen) atoms. The number of carbonyl (C=O) groups excluding carboxylic acids is 1. The van der Waals surface area contributed by atoms with Gasteiger partial charge in [-0.2, -0.15) is 5.26 Å². The zero-order valence-corrected chi connectivity index (χ0v) is 18.1. The number of fused-ring (bicyclic) bond motifs is 1. The van der Waals surface area contributed by atoms with Crippen LogP contribution in [-0.2, 0) is 9.53 Å². The van der Waals surface area contributed by atoms with Crippen molar-refractivity contribution < 1.29 is 24.5 Å². The third kappa shape index (κ3) is 6.11. The summed E-state index contributed by atoms with van der Waals surface area (Å²) < 4.78 is 5.85. The van der Waals surface area contributed by atoms with Gasteiger partial charge in [0.25, 0.3) is 0 Å². The molecule has 0 spiro atoms. The van der Waals surface area contributed by atoms with E-state index in [1.807, 2.05) is 31.2 Å². The predicted molar refractivity (Wildman–Crippen MR) is 125 cm³/mol. The van der Waals surface area contributed by atoms with Crippen molar-refractivity contribution >= 4 is 28.5 Å². The van der Waals surface area contributed by atoms with Gasteiger partial charge in [-0.15, -0.1) is 0 Å². The van der Waals surface area contributed by atoms with Crippen LogP contribution in [0.15, 0.2) is 72.8 Å². The third-order valence-corrected chi connectivity index (χ3v) is 5.30. The van der Waals surface area contributed by atoms with Crippen LogP contribution in [0.5, 0.6) is 5.75 Å². The van der Waals surface area contributed by atoms with Crippen LogP contribution in [0, 0.1) is 17.2 Å². The number of phenolic OH excluding ortho intramolecular Hbond substituents is 1. The summed E-state index contributed by atoms with van der Waals surface area (Å²) in [7, 11) is 0. The number of nitrogens with one attached hydrogen (secondary N) is 1. The summed E-state index contributed by atoms with van der Waals surface area (Å²) in [4.78, 5) is 23.5. The number of hydrogen-bond donors (Lipinski definition) is 3. The molecule has 0 aliphatic heterocycles. The van der Waals surface area contributed by atoms with E-state index in [0.717, 1.165) is 17.0 Å². The normalized spacial score (nSPS) is 12.7. The molecule has 0 aliphatic carbocycles. The molecular weight excluding hydrogens is 420 g/mol. The molecule has 0 unspecified atom stereocenters. The van der Waals surface area contributed by atoms with Crippen molar-refractivity contribution in [1.29, 1.82) is 5.26 Å². The van der Waals surface area contributed by atoms with Gasteiger partial charge in [0, 0.05) is 22.7 Å². The van der Waals surface area contributed by atoms with Crippen LogP contribution in [0.1, 0.15) is 37.0 Å². The first-order valence-electron chi connectivity index (χ1n) is 10.5. The van der Waals surface area contributed by atoms with Gasteiger partial charge >= 0.3 is 12.1 Å². The first-order chi connectivity index (χ1) is 15.9. The number of aromatic hydroxyl groups is 1. The summed E-state index contributed by atoms with van der Waals surface area (Å²) >= 11 is 0. The Morgan fingerprint density at radius 2 is 1.79 bits per heavy atom. The zero-order valence-electron chi connectivity index (χ0n) is 18.1. The van der Waals surface area contributed by atoms with E-state index in [2.05, 4.69) is 5.32 Å². The number of carbonyl (C=O) groups is 2. The van der Waals surface area contributed by atoms with E-state index < -0.39 is 18.2 Å². The summed E-state index contributed by atoms with van der Waals surface area (Å²) in [5, 5.41) is 32.1. The molecule has 0 aliphatic rings. The molecule has 7 heteroatoms. The number of nitrogens with zero attached hydrogens (tertiary/aromatic N) is 1. The van der Waals surface area contributed by atoms with E-state index in [1.165, 1.54) is 0 Å². The third-order valence-electron chi connectivity index (χ3n) is 5.30. The highest BCUT2D eigenvalue weighted by atomic mass is 16.6. The van der Waals surface area contributed by atoms with Crippen molar-refractivity contribution in [3.8, 4) is 11.8 Å². The number of carboxylic acids is 1. The number of allylic oxidation sites excluding steroid dienone is 1. The number of benzene rings is 3. The maximum absolute atomic E-state index is 12.7.